The lowest BCUT2D eigenvalue weighted by molar-refractivity contribution is -0.132. The van der Waals surface area contributed by atoms with E-state index in [9.17, 15) is 9.59 Å². The van der Waals surface area contributed by atoms with Crippen molar-refractivity contribution in [1.29, 1.82) is 0 Å². The summed E-state index contributed by atoms with van der Waals surface area (Å²) < 4.78 is 0. The van der Waals surface area contributed by atoms with Gasteiger partial charge in [-0.1, -0.05) is 19.9 Å². The zero-order valence-corrected chi connectivity index (χ0v) is 12.9. The van der Waals surface area contributed by atoms with Gasteiger partial charge in [-0.25, -0.2) is 0 Å². The standard InChI is InChI=1S/C16H23N3O2/c1-4-14-16(21)18-15(20)10-19(14)13-7-6-12(9-17-5-2)11(3)8-13/h6-8,14,17H,4-5,9-10H2,1-3H3,(H,18,20,21). The third kappa shape index (κ3) is 3.42. The molecule has 1 fully saturated rings. The molecule has 5 heteroatoms. The van der Waals surface area contributed by atoms with Crippen LogP contribution in [0.4, 0.5) is 5.69 Å². The molecule has 0 spiro atoms. The number of aryl methyl sites for hydroxylation is 1. The minimum Gasteiger partial charge on any atom is -0.350 e. The average molecular weight is 289 g/mol. The van der Waals surface area contributed by atoms with Crippen LogP contribution in [-0.4, -0.2) is 30.9 Å². The fraction of sp³-hybridized carbons (Fsp3) is 0.500. The Bertz CT molecular complexity index is 542. The number of hydrogen-bond acceptors (Lipinski definition) is 4. The van der Waals surface area contributed by atoms with Crippen LogP contribution in [0.1, 0.15) is 31.4 Å². The summed E-state index contributed by atoms with van der Waals surface area (Å²) in [5.74, 6) is -0.442. The first-order valence-electron chi connectivity index (χ1n) is 7.47. The molecule has 1 aliphatic heterocycles. The molecule has 2 rings (SSSR count). The molecule has 1 aromatic rings. The van der Waals surface area contributed by atoms with E-state index in [2.05, 4.69) is 36.6 Å². The second kappa shape index (κ2) is 6.72. The first-order valence-corrected chi connectivity index (χ1v) is 7.47. The number of amides is 2. The van der Waals surface area contributed by atoms with Gasteiger partial charge in [0.25, 0.3) is 0 Å². The molecule has 2 amide bonds. The van der Waals surface area contributed by atoms with Gasteiger partial charge in [-0.3, -0.25) is 14.9 Å². The molecule has 21 heavy (non-hydrogen) atoms. The van der Waals surface area contributed by atoms with Crippen LogP contribution in [0, 0.1) is 6.92 Å². The number of anilines is 1. The highest BCUT2D eigenvalue weighted by Crippen LogP contribution is 2.23. The molecule has 1 unspecified atom stereocenters. The van der Waals surface area contributed by atoms with E-state index in [4.69, 9.17) is 0 Å². The van der Waals surface area contributed by atoms with E-state index in [0.29, 0.717) is 6.42 Å². The topological polar surface area (TPSA) is 61.4 Å². The van der Waals surface area contributed by atoms with Crippen LogP contribution in [0.3, 0.4) is 0 Å². The van der Waals surface area contributed by atoms with E-state index in [-0.39, 0.29) is 24.4 Å². The van der Waals surface area contributed by atoms with Gasteiger partial charge in [-0.2, -0.15) is 0 Å². The molecular formula is C16H23N3O2. The summed E-state index contributed by atoms with van der Waals surface area (Å²) in [6, 6.07) is 5.84. The molecule has 0 aliphatic carbocycles. The molecule has 0 saturated carbocycles. The SMILES string of the molecule is CCNCc1ccc(N2CC(=O)NC(=O)C2CC)cc1C. The molecule has 2 N–H and O–H groups in total. The Balaban J connectivity index is 2.25. The number of benzene rings is 1. The van der Waals surface area contributed by atoms with Gasteiger partial charge in [-0.05, 0) is 43.1 Å². The Kier molecular flexibility index (Phi) is 4.96. The van der Waals surface area contributed by atoms with Gasteiger partial charge in [0, 0.05) is 12.2 Å². The normalized spacial score (nSPS) is 18.8. The Morgan fingerprint density at radius 2 is 2.10 bits per heavy atom. The van der Waals surface area contributed by atoms with Crippen LogP contribution in [0.2, 0.25) is 0 Å². The number of rotatable bonds is 5. The van der Waals surface area contributed by atoms with Crippen molar-refractivity contribution in [2.45, 2.75) is 39.8 Å². The maximum Gasteiger partial charge on any atom is 0.249 e. The number of carbonyl (C=O) groups excluding carboxylic acids is 2. The van der Waals surface area contributed by atoms with Gasteiger partial charge < -0.3 is 10.2 Å². The lowest BCUT2D eigenvalue weighted by atomic mass is 10.0. The lowest BCUT2D eigenvalue weighted by Gasteiger charge is -2.35. The van der Waals surface area contributed by atoms with Gasteiger partial charge in [-0.15, -0.1) is 0 Å². The fourth-order valence-corrected chi connectivity index (χ4v) is 2.66. The maximum absolute atomic E-state index is 11.9. The Hall–Kier alpha value is -1.88. The lowest BCUT2D eigenvalue weighted by Crippen LogP contribution is -2.58. The van der Waals surface area contributed by atoms with E-state index in [0.717, 1.165) is 18.8 Å². The van der Waals surface area contributed by atoms with Crippen LogP contribution in [0.5, 0.6) is 0 Å². The minimum atomic E-state index is -0.276. The first kappa shape index (κ1) is 15.5. The Morgan fingerprint density at radius 3 is 2.71 bits per heavy atom. The number of imide groups is 1. The molecule has 114 valence electrons. The van der Waals surface area contributed by atoms with Crippen molar-refractivity contribution in [3.05, 3.63) is 29.3 Å². The van der Waals surface area contributed by atoms with Gasteiger partial charge in [0.1, 0.15) is 6.04 Å². The van der Waals surface area contributed by atoms with Crippen molar-refractivity contribution in [2.75, 3.05) is 18.0 Å². The van der Waals surface area contributed by atoms with Crippen molar-refractivity contribution in [1.82, 2.24) is 10.6 Å². The highest BCUT2D eigenvalue weighted by molar-refractivity contribution is 6.04. The summed E-state index contributed by atoms with van der Waals surface area (Å²) in [5.41, 5.74) is 3.34. The summed E-state index contributed by atoms with van der Waals surface area (Å²) in [7, 11) is 0. The Morgan fingerprint density at radius 1 is 1.33 bits per heavy atom. The second-order valence-electron chi connectivity index (χ2n) is 5.36. The first-order chi connectivity index (χ1) is 10.1. The number of carbonyl (C=O) groups is 2. The van der Waals surface area contributed by atoms with Crippen LogP contribution < -0.4 is 15.5 Å². The van der Waals surface area contributed by atoms with Gasteiger partial charge in [0.2, 0.25) is 11.8 Å². The van der Waals surface area contributed by atoms with Crippen molar-refractivity contribution in [3.63, 3.8) is 0 Å². The van der Waals surface area contributed by atoms with Crippen molar-refractivity contribution in [2.24, 2.45) is 0 Å². The summed E-state index contributed by atoms with van der Waals surface area (Å²) in [6.07, 6.45) is 0.678. The second-order valence-corrected chi connectivity index (χ2v) is 5.36. The van der Waals surface area contributed by atoms with Crippen LogP contribution in [-0.2, 0) is 16.1 Å². The quantitative estimate of drug-likeness (QED) is 0.803. The molecular weight excluding hydrogens is 266 g/mol. The van der Waals surface area contributed by atoms with Gasteiger partial charge in [0.05, 0.1) is 6.54 Å². The summed E-state index contributed by atoms with van der Waals surface area (Å²) in [6.45, 7) is 8.09. The zero-order chi connectivity index (χ0) is 15.4. The summed E-state index contributed by atoms with van der Waals surface area (Å²) >= 11 is 0. The predicted molar refractivity (Wildman–Crippen MR) is 83.1 cm³/mol. The number of nitrogens with zero attached hydrogens (tertiary/aromatic N) is 1. The third-order valence-corrected chi connectivity index (χ3v) is 3.87. The van der Waals surface area contributed by atoms with Crippen LogP contribution in [0.15, 0.2) is 18.2 Å². The molecule has 1 aromatic carbocycles. The Labute approximate surface area is 125 Å². The van der Waals surface area contributed by atoms with E-state index in [1.54, 1.807) is 0 Å². The van der Waals surface area contributed by atoms with E-state index < -0.39 is 0 Å². The van der Waals surface area contributed by atoms with Crippen molar-refractivity contribution >= 4 is 17.5 Å². The molecule has 1 atom stereocenters. The van der Waals surface area contributed by atoms with Crippen LogP contribution in [0.25, 0.3) is 0 Å². The van der Waals surface area contributed by atoms with Crippen molar-refractivity contribution in [3.8, 4) is 0 Å². The summed E-state index contributed by atoms with van der Waals surface area (Å²) in [4.78, 5) is 25.5. The fourth-order valence-electron chi connectivity index (χ4n) is 2.66. The summed E-state index contributed by atoms with van der Waals surface area (Å²) in [5, 5.41) is 5.71. The molecule has 0 bridgehead atoms. The third-order valence-electron chi connectivity index (χ3n) is 3.87. The number of piperazine rings is 1. The number of hydrogen-bond donors (Lipinski definition) is 2. The highest BCUT2D eigenvalue weighted by atomic mass is 16.2. The van der Waals surface area contributed by atoms with Crippen molar-refractivity contribution < 1.29 is 9.59 Å². The number of nitrogens with one attached hydrogen (secondary N) is 2. The monoisotopic (exact) mass is 289 g/mol. The minimum absolute atomic E-state index is 0.205. The largest absolute Gasteiger partial charge is 0.350 e. The smallest absolute Gasteiger partial charge is 0.249 e. The zero-order valence-electron chi connectivity index (χ0n) is 12.9. The molecule has 1 aliphatic rings. The molecule has 0 aromatic heterocycles. The average Bonchev–Trinajstić information content (AvgIpc) is 2.45. The van der Waals surface area contributed by atoms with Gasteiger partial charge >= 0.3 is 0 Å². The molecule has 5 nitrogen and oxygen atoms in total. The van der Waals surface area contributed by atoms with E-state index in [1.807, 2.05) is 17.9 Å². The van der Waals surface area contributed by atoms with E-state index >= 15 is 0 Å². The predicted octanol–water partition coefficient (Wildman–Crippen LogP) is 1.35. The van der Waals surface area contributed by atoms with Gasteiger partial charge in [0.15, 0.2) is 0 Å². The molecule has 0 radical (unpaired) electrons. The van der Waals surface area contributed by atoms with E-state index in [1.165, 1.54) is 11.1 Å². The van der Waals surface area contributed by atoms with Crippen LogP contribution >= 0.6 is 0 Å². The highest BCUT2D eigenvalue weighted by Gasteiger charge is 2.32. The maximum atomic E-state index is 11.9. The molecule has 1 heterocycles. The molecule has 1 saturated heterocycles.